The van der Waals surface area contributed by atoms with Crippen molar-refractivity contribution in [2.24, 2.45) is 0 Å². The van der Waals surface area contributed by atoms with Gasteiger partial charge in [0.05, 0.1) is 23.3 Å². The van der Waals surface area contributed by atoms with E-state index in [0.717, 1.165) is 5.56 Å². The topological polar surface area (TPSA) is 80.6 Å². The molecule has 2 heterocycles. The normalized spacial score (nSPS) is 10.2. The molecule has 0 unspecified atom stereocenters. The van der Waals surface area contributed by atoms with Gasteiger partial charge in [-0.1, -0.05) is 0 Å². The van der Waals surface area contributed by atoms with E-state index in [4.69, 9.17) is 4.42 Å². The molecule has 0 saturated heterocycles. The van der Waals surface area contributed by atoms with Crippen molar-refractivity contribution in [2.75, 3.05) is 12.4 Å². The van der Waals surface area contributed by atoms with Gasteiger partial charge in [0, 0.05) is 0 Å². The van der Waals surface area contributed by atoms with Crippen molar-refractivity contribution < 1.29 is 18.8 Å². The molecule has 0 atom stereocenters. The highest BCUT2D eigenvalue weighted by Crippen LogP contribution is 2.27. The Balaban J connectivity index is 2.12. The molecule has 0 radical (unpaired) electrons. The van der Waals surface area contributed by atoms with Crippen molar-refractivity contribution in [1.29, 1.82) is 0 Å². The van der Waals surface area contributed by atoms with E-state index in [9.17, 15) is 9.59 Å². The molecule has 19 heavy (non-hydrogen) atoms. The summed E-state index contributed by atoms with van der Waals surface area (Å²) in [6.07, 6.45) is 1.42. The van der Waals surface area contributed by atoms with Gasteiger partial charge in [-0.25, -0.2) is 5.48 Å². The number of thiophene rings is 1. The van der Waals surface area contributed by atoms with Crippen molar-refractivity contribution in [3.63, 3.8) is 0 Å². The van der Waals surface area contributed by atoms with Gasteiger partial charge in [-0.3, -0.25) is 14.4 Å². The van der Waals surface area contributed by atoms with Crippen LogP contribution in [0.3, 0.4) is 0 Å². The number of carbonyl (C=O) groups is 2. The second-order valence-corrected chi connectivity index (χ2v) is 4.74. The molecule has 0 aliphatic carbocycles. The number of carbonyl (C=O) groups excluding carboxylic acids is 2. The van der Waals surface area contributed by atoms with Gasteiger partial charge < -0.3 is 9.73 Å². The van der Waals surface area contributed by atoms with Crippen LogP contribution in [-0.4, -0.2) is 18.9 Å². The van der Waals surface area contributed by atoms with Gasteiger partial charge in [-0.2, -0.15) is 0 Å². The van der Waals surface area contributed by atoms with Crippen molar-refractivity contribution in [1.82, 2.24) is 5.48 Å². The van der Waals surface area contributed by atoms with E-state index < -0.39 is 0 Å². The van der Waals surface area contributed by atoms with Crippen molar-refractivity contribution in [2.45, 2.75) is 6.92 Å². The standard InChI is InChI=1S/C12H12N2O4S/c1-7-6-9(19-10(7)12(16)14-17-2)13-11(15)8-4-3-5-18-8/h3-6H,1-2H3,(H,13,15)(H,14,16). The van der Waals surface area contributed by atoms with Gasteiger partial charge in [0.2, 0.25) is 0 Å². The first kappa shape index (κ1) is 13.3. The zero-order valence-electron chi connectivity index (χ0n) is 10.4. The van der Waals surface area contributed by atoms with Crippen LogP contribution in [-0.2, 0) is 4.84 Å². The molecule has 7 heteroatoms. The summed E-state index contributed by atoms with van der Waals surface area (Å²) in [5.41, 5.74) is 3.00. The predicted molar refractivity (Wildman–Crippen MR) is 70.2 cm³/mol. The Morgan fingerprint density at radius 3 is 2.79 bits per heavy atom. The Labute approximate surface area is 113 Å². The highest BCUT2D eigenvalue weighted by molar-refractivity contribution is 7.18. The highest BCUT2D eigenvalue weighted by atomic mass is 32.1. The lowest BCUT2D eigenvalue weighted by Crippen LogP contribution is -2.21. The summed E-state index contributed by atoms with van der Waals surface area (Å²) >= 11 is 1.17. The average molecular weight is 280 g/mol. The summed E-state index contributed by atoms with van der Waals surface area (Å²) in [6, 6.07) is 4.91. The maximum absolute atomic E-state index is 11.8. The summed E-state index contributed by atoms with van der Waals surface area (Å²) in [5, 5.41) is 3.24. The van der Waals surface area contributed by atoms with Gasteiger partial charge in [0.1, 0.15) is 0 Å². The molecule has 0 saturated carbocycles. The number of hydroxylamine groups is 1. The second kappa shape index (κ2) is 5.68. The van der Waals surface area contributed by atoms with Crippen molar-refractivity contribution in [3.05, 3.63) is 40.7 Å². The van der Waals surface area contributed by atoms with E-state index in [0.29, 0.717) is 9.88 Å². The molecule has 100 valence electrons. The molecule has 2 aromatic heterocycles. The number of furan rings is 1. The van der Waals surface area contributed by atoms with E-state index in [1.165, 1.54) is 24.7 Å². The molecule has 6 nitrogen and oxygen atoms in total. The lowest BCUT2D eigenvalue weighted by molar-refractivity contribution is 0.0541. The monoisotopic (exact) mass is 280 g/mol. The zero-order valence-corrected chi connectivity index (χ0v) is 11.2. The molecule has 0 aliphatic rings. The van der Waals surface area contributed by atoms with Crippen molar-refractivity contribution in [3.8, 4) is 0 Å². The van der Waals surface area contributed by atoms with Crippen LogP contribution in [0.5, 0.6) is 0 Å². The molecule has 0 fully saturated rings. The van der Waals surface area contributed by atoms with E-state index >= 15 is 0 Å². The molecule has 0 aromatic carbocycles. The quantitative estimate of drug-likeness (QED) is 0.841. The number of hydrogen-bond acceptors (Lipinski definition) is 5. The first-order valence-electron chi connectivity index (χ1n) is 5.40. The summed E-state index contributed by atoms with van der Waals surface area (Å²) in [7, 11) is 1.36. The molecule has 0 aliphatic heterocycles. The van der Waals surface area contributed by atoms with Gasteiger partial charge in [-0.15, -0.1) is 11.3 Å². The Morgan fingerprint density at radius 2 is 2.16 bits per heavy atom. The SMILES string of the molecule is CONC(=O)c1sc(NC(=O)c2ccco2)cc1C. The molecule has 2 aromatic rings. The summed E-state index contributed by atoms with van der Waals surface area (Å²) < 4.78 is 4.98. The van der Waals surface area contributed by atoms with Crippen LogP contribution in [0.2, 0.25) is 0 Å². The Kier molecular flexibility index (Phi) is 3.98. The minimum absolute atomic E-state index is 0.217. The minimum atomic E-state index is -0.357. The van der Waals surface area contributed by atoms with Crippen LogP contribution >= 0.6 is 11.3 Å². The summed E-state index contributed by atoms with van der Waals surface area (Å²) in [4.78, 5) is 28.5. The fourth-order valence-electron chi connectivity index (χ4n) is 1.49. The first-order valence-corrected chi connectivity index (χ1v) is 6.22. The molecule has 0 bridgehead atoms. The number of rotatable bonds is 4. The van der Waals surface area contributed by atoms with Gasteiger partial charge >= 0.3 is 0 Å². The maximum atomic E-state index is 11.8. The van der Waals surface area contributed by atoms with Crippen LogP contribution in [0, 0.1) is 6.92 Å². The second-order valence-electron chi connectivity index (χ2n) is 3.69. The molecule has 2 N–H and O–H groups in total. The van der Waals surface area contributed by atoms with Crippen LogP contribution in [0.1, 0.15) is 25.8 Å². The average Bonchev–Trinajstić information content (AvgIpc) is 2.99. The summed E-state index contributed by atoms with van der Waals surface area (Å²) in [5.74, 6) is -0.484. The first-order chi connectivity index (χ1) is 9.11. The predicted octanol–water partition coefficient (Wildman–Crippen LogP) is 2.19. The molecule has 0 spiro atoms. The smallest absolute Gasteiger partial charge is 0.291 e. The van der Waals surface area contributed by atoms with Crippen molar-refractivity contribution >= 4 is 28.2 Å². The third-order valence-electron chi connectivity index (χ3n) is 2.30. The van der Waals surface area contributed by atoms with E-state index in [-0.39, 0.29) is 17.6 Å². The number of nitrogens with one attached hydrogen (secondary N) is 2. The fourth-order valence-corrected chi connectivity index (χ4v) is 2.44. The highest BCUT2D eigenvalue weighted by Gasteiger charge is 2.16. The Morgan fingerprint density at radius 1 is 1.37 bits per heavy atom. The third kappa shape index (κ3) is 3.01. The molecule has 2 rings (SSSR count). The van der Waals surface area contributed by atoms with Crippen LogP contribution in [0.4, 0.5) is 5.00 Å². The minimum Gasteiger partial charge on any atom is -0.459 e. The Bertz CT molecular complexity index is 589. The van der Waals surface area contributed by atoms with Crippen LogP contribution in [0.15, 0.2) is 28.9 Å². The number of amides is 2. The Hall–Kier alpha value is -2.12. The number of hydrogen-bond donors (Lipinski definition) is 2. The maximum Gasteiger partial charge on any atom is 0.291 e. The zero-order chi connectivity index (χ0) is 13.8. The van der Waals surface area contributed by atoms with E-state index in [1.807, 2.05) is 0 Å². The van der Waals surface area contributed by atoms with Crippen LogP contribution < -0.4 is 10.8 Å². The van der Waals surface area contributed by atoms with Crippen LogP contribution in [0.25, 0.3) is 0 Å². The van der Waals surface area contributed by atoms with E-state index in [1.54, 1.807) is 25.1 Å². The third-order valence-corrected chi connectivity index (χ3v) is 3.45. The largest absolute Gasteiger partial charge is 0.459 e. The summed E-state index contributed by atoms with van der Waals surface area (Å²) in [6.45, 7) is 1.78. The van der Waals surface area contributed by atoms with Gasteiger partial charge in [-0.05, 0) is 30.7 Å². The number of aryl methyl sites for hydroxylation is 1. The van der Waals surface area contributed by atoms with E-state index in [2.05, 4.69) is 15.6 Å². The lowest BCUT2D eigenvalue weighted by Gasteiger charge is -1.99. The van der Waals surface area contributed by atoms with Gasteiger partial charge in [0.25, 0.3) is 11.8 Å². The lowest BCUT2D eigenvalue weighted by atomic mass is 10.3. The molecular formula is C12H12N2O4S. The molecule has 2 amide bonds. The fraction of sp³-hybridized carbons (Fsp3) is 0.167. The van der Waals surface area contributed by atoms with Gasteiger partial charge in [0.15, 0.2) is 5.76 Å². The number of anilines is 1. The molecular weight excluding hydrogens is 268 g/mol.